The number of anilines is 10. The van der Waals surface area contributed by atoms with Crippen molar-refractivity contribution in [2.75, 3.05) is 19.6 Å². The zero-order chi connectivity index (χ0) is 50.9. The standard InChI is InChI=1S/C72H56N4/c1-8-22-56(23-9-1)61-52-54-72(55-53-61,75(68-32-18-6-19-33-68)70-48-40-59(41-49-70)57-36-44-66(45-37-57)73(62-24-10-2-11-25-62)63-26-12-3-13-27-63)76(69-34-20-7-21-35-69)71-50-42-60(43-51-71)58-38-46-67(47-39-58)74(64-28-14-4-15-29-64)65-30-16-5-17-31-65/h1-54H,55H2. The number of rotatable bonds is 15. The van der Waals surface area contributed by atoms with Crippen molar-refractivity contribution in [2.24, 2.45) is 0 Å². The molecule has 0 radical (unpaired) electrons. The van der Waals surface area contributed by atoms with E-state index in [4.69, 9.17) is 0 Å². The topological polar surface area (TPSA) is 13.0 Å². The SMILES string of the molecule is C1=CC(N(c2ccccc2)c2ccc(-c3ccc(N(c4ccccc4)c4ccccc4)cc3)cc2)(N(c2ccccc2)c2ccc(-c3ccc(N(c4ccccc4)c4ccccc4)cc3)cc2)CC=C1c1ccccc1. The van der Waals surface area contributed by atoms with Crippen molar-refractivity contribution in [3.8, 4) is 22.3 Å². The lowest BCUT2D eigenvalue weighted by Gasteiger charge is -2.52. The van der Waals surface area contributed by atoms with Gasteiger partial charge in [-0.25, -0.2) is 0 Å². The van der Waals surface area contributed by atoms with Gasteiger partial charge in [0.15, 0.2) is 0 Å². The van der Waals surface area contributed by atoms with E-state index in [9.17, 15) is 0 Å². The van der Waals surface area contributed by atoms with Crippen molar-refractivity contribution in [3.63, 3.8) is 0 Å². The summed E-state index contributed by atoms with van der Waals surface area (Å²) < 4.78 is 0. The van der Waals surface area contributed by atoms with E-state index in [0.29, 0.717) is 6.42 Å². The average molecular weight is 977 g/mol. The van der Waals surface area contributed by atoms with E-state index in [0.717, 1.165) is 79.1 Å². The third-order valence-electron chi connectivity index (χ3n) is 14.3. The summed E-state index contributed by atoms with van der Waals surface area (Å²) in [7, 11) is 0. The fraction of sp³-hybridized carbons (Fsp3) is 0.0278. The van der Waals surface area contributed by atoms with Crippen molar-refractivity contribution in [2.45, 2.75) is 12.1 Å². The van der Waals surface area contributed by atoms with Gasteiger partial charge in [0.25, 0.3) is 0 Å². The summed E-state index contributed by atoms with van der Waals surface area (Å²) in [5.74, 6) is 0. The molecule has 1 aliphatic carbocycles. The van der Waals surface area contributed by atoms with Gasteiger partial charge in [-0.1, -0.05) is 200 Å². The Morgan fingerprint density at radius 2 is 0.461 bits per heavy atom. The van der Waals surface area contributed by atoms with Crippen molar-refractivity contribution in [1.82, 2.24) is 0 Å². The minimum absolute atomic E-state index is 0.683. The van der Waals surface area contributed by atoms with E-state index in [1.165, 1.54) is 11.1 Å². The molecular weight excluding hydrogens is 921 g/mol. The van der Waals surface area contributed by atoms with Gasteiger partial charge >= 0.3 is 0 Å². The first-order valence-electron chi connectivity index (χ1n) is 26.1. The first-order chi connectivity index (χ1) is 37.7. The molecule has 0 aromatic heterocycles. The van der Waals surface area contributed by atoms with Crippen molar-refractivity contribution < 1.29 is 0 Å². The first kappa shape index (κ1) is 47.1. The van der Waals surface area contributed by atoms with Crippen LogP contribution < -0.4 is 19.6 Å². The Hall–Kier alpha value is -9.90. The van der Waals surface area contributed by atoms with Crippen molar-refractivity contribution in [3.05, 3.63) is 333 Å². The molecule has 0 fully saturated rings. The molecule has 4 nitrogen and oxygen atoms in total. The molecule has 0 spiro atoms. The Kier molecular flexibility index (Phi) is 13.4. The second kappa shape index (κ2) is 21.7. The van der Waals surface area contributed by atoms with Gasteiger partial charge in [-0.05, 0) is 161 Å². The van der Waals surface area contributed by atoms with Crippen LogP contribution in [0.15, 0.2) is 328 Å². The maximum absolute atomic E-state index is 2.52. The number of allylic oxidation sites excluding steroid dienone is 2. The molecule has 12 rings (SSSR count). The van der Waals surface area contributed by atoms with Gasteiger partial charge in [-0.2, -0.15) is 0 Å². The van der Waals surface area contributed by atoms with Crippen LogP contribution in [-0.4, -0.2) is 5.66 Å². The summed E-state index contributed by atoms with van der Waals surface area (Å²) in [6, 6.07) is 111. The maximum atomic E-state index is 2.52. The van der Waals surface area contributed by atoms with Crippen molar-refractivity contribution >= 4 is 62.4 Å². The normalized spacial score (nSPS) is 12.6. The molecule has 1 aliphatic rings. The number of nitrogens with zero attached hydrogens (tertiary/aromatic N) is 4. The van der Waals surface area contributed by atoms with Gasteiger partial charge < -0.3 is 19.6 Å². The fourth-order valence-electron chi connectivity index (χ4n) is 10.7. The highest BCUT2D eigenvalue weighted by atomic mass is 15.4. The molecule has 0 N–H and O–H groups in total. The summed E-state index contributed by atoms with van der Waals surface area (Å²) in [5.41, 5.74) is 17.2. The van der Waals surface area contributed by atoms with E-state index in [1.54, 1.807) is 0 Å². The summed E-state index contributed by atoms with van der Waals surface area (Å²) in [6.07, 6.45) is 7.84. The molecule has 4 heteroatoms. The van der Waals surface area contributed by atoms with Crippen molar-refractivity contribution in [1.29, 1.82) is 0 Å². The molecule has 11 aromatic rings. The van der Waals surface area contributed by atoms with E-state index >= 15 is 0 Å². The average Bonchev–Trinajstić information content (AvgIpc) is 3.51. The molecule has 0 aliphatic heterocycles. The molecule has 0 unspecified atom stereocenters. The molecule has 0 heterocycles. The quantitative estimate of drug-likeness (QED) is 0.0949. The van der Waals surface area contributed by atoms with Crippen LogP contribution in [0.2, 0.25) is 0 Å². The molecule has 0 saturated carbocycles. The summed E-state index contributed by atoms with van der Waals surface area (Å²) in [5, 5.41) is 0. The zero-order valence-electron chi connectivity index (χ0n) is 42.2. The number of hydrogen-bond donors (Lipinski definition) is 0. The number of para-hydroxylation sites is 6. The van der Waals surface area contributed by atoms with Crippen LogP contribution in [-0.2, 0) is 0 Å². The number of hydrogen-bond acceptors (Lipinski definition) is 4. The van der Waals surface area contributed by atoms with E-state index in [-0.39, 0.29) is 0 Å². The summed E-state index contributed by atoms with van der Waals surface area (Å²) in [6.45, 7) is 0. The molecule has 0 bridgehead atoms. The first-order valence-corrected chi connectivity index (χ1v) is 26.1. The Labute approximate surface area is 447 Å². The summed E-state index contributed by atoms with van der Waals surface area (Å²) in [4.78, 5) is 9.65. The molecule has 76 heavy (non-hydrogen) atoms. The second-order valence-electron chi connectivity index (χ2n) is 19.0. The molecule has 364 valence electrons. The summed E-state index contributed by atoms with van der Waals surface area (Å²) >= 11 is 0. The van der Waals surface area contributed by atoms with Gasteiger partial charge in [0.1, 0.15) is 5.66 Å². The van der Waals surface area contributed by atoms with Gasteiger partial charge in [-0.3, -0.25) is 0 Å². The van der Waals surface area contributed by atoms with Crippen LogP contribution in [0.1, 0.15) is 12.0 Å². The Morgan fingerprint density at radius 3 is 0.737 bits per heavy atom. The molecule has 0 saturated heterocycles. The lowest BCUT2D eigenvalue weighted by molar-refractivity contribution is 0.526. The van der Waals surface area contributed by atoms with E-state index < -0.39 is 5.66 Å². The minimum Gasteiger partial charge on any atom is -0.314 e. The highest BCUT2D eigenvalue weighted by molar-refractivity contribution is 5.85. The largest absolute Gasteiger partial charge is 0.314 e. The van der Waals surface area contributed by atoms with E-state index in [1.807, 2.05) is 0 Å². The van der Waals surface area contributed by atoms with Crippen LogP contribution in [0.5, 0.6) is 0 Å². The third kappa shape index (κ3) is 9.71. The Balaban J connectivity index is 0.929. The Bertz CT molecular complexity index is 3370. The predicted molar refractivity (Wildman–Crippen MR) is 321 cm³/mol. The molecule has 11 aromatic carbocycles. The van der Waals surface area contributed by atoms with E-state index in [2.05, 4.69) is 347 Å². The minimum atomic E-state index is -0.746. The number of benzene rings is 11. The monoisotopic (exact) mass is 976 g/mol. The van der Waals surface area contributed by atoms with Gasteiger partial charge in [0.2, 0.25) is 0 Å². The predicted octanol–water partition coefficient (Wildman–Crippen LogP) is 19.7. The third-order valence-corrected chi connectivity index (χ3v) is 14.3. The van der Waals surface area contributed by atoms with Gasteiger partial charge in [0.05, 0.1) is 0 Å². The van der Waals surface area contributed by atoms with Gasteiger partial charge in [0, 0.05) is 63.3 Å². The lowest BCUT2D eigenvalue weighted by Crippen LogP contribution is -2.57. The highest BCUT2D eigenvalue weighted by Crippen LogP contribution is 2.48. The molecule has 0 amide bonds. The molecule has 0 atom stereocenters. The highest BCUT2D eigenvalue weighted by Gasteiger charge is 2.43. The Morgan fingerprint density at radius 1 is 0.224 bits per heavy atom. The fourth-order valence-corrected chi connectivity index (χ4v) is 10.7. The van der Waals surface area contributed by atoms with Crippen LogP contribution in [0, 0.1) is 0 Å². The van der Waals surface area contributed by atoms with Gasteiger partial charge in [-0.15, -0.1) is 0 Å². The lowest BCUT2D eigenvalue weighted by atomic mass is 9.88. The second-order valence-corrected chi connectivity index (χ2v) is 19.0. The van der Waals surface area contributed by atoms with Crippen LogP contribution in [0.25, 0.3) is 27.8 Å². The molecular formula is C72H56N4. The smallest absolute Gasteiger partial charge is 0.145 e. The van der Waals surface area contributed by atoms with Crippen LogP contribution in [0.3, 0.4) is 0 Å². The maximum Gasteiger partial charge on any atom is 0.145 e. The van der Waals surface area contributed by atoms with Crippen LogP contribution >= 0.6 is 0 Å². The van der Waals surface area contributed by atoms with Crippen LogP contribution in [0.4, 0.5) is 56.9 Å². The zero-order valence-corrected chi connectivity index (χ0v) is 42.2.